The lowest BCUT2D eigenvalue weighted by molar-refractivity contribution is -0.117. The maximum absolute atomic E-state index is 12.7. The number of hydrogen-bond donors (Lipinski definition) is 3. The molecule has 0 atom stereocenters. The number of nitrogens with zero attached hydrogens (tertiary/aromatic N) is 1. The Bertz CT molecular complexity index is 1120. The number of para-hydroxylation sites is 1. The zero-order valence-electron chi connectivity index (χ0n) is 17.5. The highest BCUT2D eigenvalue weighted by Crippen LogP contribution is 2.18. The van der Waals surface area contributed by atoms with Crippen molar-refractivity contribution in [3.8, 4) is 11.5 Å². The van der Waals surface area contributed by atoms with Gasteiger partial charge in [-0.3, -0.25) is 9.59 Å². The number of ether oxygens (including phenoxy) is 1. The molecule has 32 heavy (non-hydrogen) atoms. The van der Waals surface area contributed by atoms with Crippen LogP contribution in [0.1, 0.15) is 28.4 Å². The van der Waals surface area contributed by atoms with Crippen molar-refractivity contribution in [1.82, 2.24) is 10.7 Å². The normalized spacial score (nSPS) is 11.2. The SMILES string of the molecule is CCOc1ccc(/C=N\NC(=O)/C(=C/c2ccccc2O)NC(=O)c2ccccc2)cc1. The number of amides is 2. The smallest absolute Gasteiger partial charge is 0.287 e. The van der Waals surface area contributed by atoms with E-state index in [2.05, 4.69) is 15.8 Å². The molecule has 2 amide bonds. The molecule has 0 saturated heterocycles. The van der Waals surface area contributed by atoms with E-state index < -0.39 is 11.8 Å². The molecule has 0 aliphatic heterocycles. The molecule has 0 aliphatic rings. The van der Waals surface area contributed by atoms with Gasteiger partial charge in [0.25, 0.3) is 11.8 Å². The molecule has 3 rings (SSSR count). The number of phenols is 1. The molecule has 162 valence electrons. The van der Waals surface area contributed by atoms with Gasteiger partial charge >= 0.3 is 0 Å². The quantitative estimate of drug-likeness (QED) is 0.289. The van der Waals surface area contributed by atoms with Gasteiger partial charge in [0, 0.05) is 11.1 Å². The van der Waals surface area contributed by atoms with E-state index in [1.807, 2.05) is 6.92 Å². The lowest BCUT2D eigenvalue weighted by Crippen LogP contribution is -2.32. The second-order valence-electron chi connectivity index (χ2n) is 6.64. The fourth-order valence-corrected chi connectivity index (χ4v) is 2.75. The van der Waals surface area contributed by atoms with Crippen molar-refractivity contribution in [2.75, 3.05) is 6.61 Å². The van der Waals surface area contributed by atoms with Gasteiger partial charge < -0.3 is 15.2 Å². The third kappa shape index (κ3) is 6.30. The molecule has 0 aliphatic carbocycles. The molecule has 7 heteroatoms. The van der Waals surface area contributed by atoms with E-state index in [0.717, 1.165) is 11.3 Å². The first-order valence-corrected chi connectivity index (χ1v) is 9.99. The van der Waals surface area contributed by atoms with Crippen molar-refractivity contribution in [1.29, 1.82) is 0 Å². The number of nitrogens with one attached hydrogen (secondary N) is 2. The fourth-order valence-electron chi connectivity index (χ4n) is 2.75. The summed E-state index contributed by atoms with van der Waals surface area (Å²) in [6.07, 6.45) is 2.86. The van der Waals surface area contributed by atoms with Crippen molar-refractivity contribution in [2.24, 2.45) is 5.10 Å². The Balaban J connectivity index is 1.76. The maximum atomic E-state index is 12.7. The van der Waals surface area contributed by atoms with E-state index in [1.54, 1.807) is 72.8 Å². The third-order valence-corrected chi connectivity index (χ3v) is 4.34. The minimum absolute atomic E-state index is 0.0235. The molecule has 3 aromatic rings. The van der Waals surface area contributed by atoms with Crippen molar-refractivity contribution in [3.63, 3.8) is 0 Å². The van der Waals surface area contributed by atoms with Crippen LogP contribution in [0, 0.1) is 0 Å². The zero-order valence-corrected chi connectivity index (χ0v) is 17.5. The van der Waals surface area contributed by atoms with E-state index in [9.17, 15) is 14.7 Å². The van der Waals surface area contributed by atoms with Gasteiger partial charge in [0.1, 0.15) is 17.2 Å². The minimum atomic E-state index is -0.639. The van der Waals surface area contributed by atoms with Gasteiger partial charge in [0.15, 0.2) is 0 Å². The number of carbonyl (C=O) groups is 2. The summed E-state index contributed by atoms with van der Waals surface area (Å²) in [6, 6.07) is 22.2. The van der Waals surface area contributed by atoms with E-state index in [0.29, 0.717) is 17.7 Å². The van der Waals surface area contributed by atoms with Crippen LogP contribution in [0.15, 0.2) is 89.7 Å². The number of benzene rings is 3. The van der Waals surface area contributed by atoms with Crippen LogP contribution in [0.2, 0.25) is 0 Å². The minimum Gasteiger partial charge on any atom is -0.507 e. The molecule has 7 nitrogen and oxygen atoms in total. The van der Waals surface area contributed by atoms with Crippen LogP contribution in [0.3, 0.4) is 0 Å². The average Bonchev–Trinajstić information content (AvgIpc) is 2.81. The summed E-state index contributed by atoms with van der Waals surface area (Å²) < 4.78 is 5.39. The highest BCUT2D eigenvalue weighted by molar-refractivity contribution is 6.05. The lowest BCUT2D eigenvalue weighted by Gasteiger charge is -2.10. The molecule has 0 aromatic heterocycles. The van der Waals surface area contributed by atoms with Gasteiger partial charge in [-0.15, -0.1) is 0 Å². The molecule has 0 radical (unpaired) electrons. The first-order valence-electron chi connectivity index (χ1n) is 9.99. The van der Waals surface area contributed by atoms with Crippen LogP contribution in [-0.2, 0) is 4.79 Å². The molecule has 0 spiro atoms. The summed E-state index contributed by atoms with van der Waals surface area (Å²) in [4.78, 5) is 25.3. The monoisotopic (exact) mass is 429 g/mol. The third-order valence-electron chi connectivity index (χ3n) is 4.34. The number of hydrogen-bond acceptors (Lipinski definition) is 5. The number of aromatic hydroxyl groups is 1. The van der Waals surface area contributed by atoms with Crippen molar-refractivity contribution in [2.45, 2.75) is 6.92 Å². The Kier molecular flexibility index (Phi) is 7.75. The summed E-state index contributed by atoms with van der Waals surface area (Å²) in [5.41, 5.74) is 3.86. The van der Waals surface area contributed by atoms with Gasteiger partial charge in [0.05, 0.1) is 12.8 Å². The van der Waals surface area contributed by atoms with Gasteiger partial charge in [-0.25, -0.2) is 5.43 Å². The molecule has 0 bridgehead atoms. The van der Waals surface area contributed by atoms with Crippen LogP contribution >= 0.6 is 0 Å². The highest BCUT2D eigenvalue weighted by Gasteiger charge is 2.15. The first-order chi connectivity index (χ1) is 15.6. The Morgan fingerprint density at radius 2 is 1.66 bits per heavy atom. The largest absolute Gasteiger partial charge is 0.507 e. The van der Waals surface area contributed by atoms with Gasteiger partial charge in [-0.2, -0.15) is 5.10 Å². The van der Waals surface area contributed by atoms with Gasteiger partial charge in [-0.05, 0) is 61.0 Å². The highest BCUT2D eigenvalue weighted by atomic mass is 16.5. The van der Waals surface area contributed by atoms with E-state index in [-0.39, 0.29) is 11.4 Å². The fraction of sp³-hybridized carbons (Fsp3) is 0.0800. The molecular weight excluding hydrogens is 406 g/mol. The Morgan fingerprint density at radius 3 is 2.34 bits per heavy atom. The number of carbonyl (C=O) groups excluding carboxylic acids is 2. The molecule has 3 N–H and O–H groups in total. The van der Waals surface area contributed by atoms with Gasteiger partial charge in [-0.1, -0.05) is 36.4 Å². The van der Waals surface area contributed by atoms with Crippen LogP contribution in [-0.4, -0.2) is 29.7 Å². The second-order valence-corrected chi connectivity index (χ2v) is 6.64. The maximum Gasteiger partial charge on any atom is 0.287 e. The summed E-state index contributed by atoms with van der Waals surface area (Å²) in [5, 5.41) is 16.6. The van der Waals surface area contributed by atoms with E-state index >= 15 is 0 Å². The Morgan fingerprint density at radius 1 is 0.969 bits per heavy atom. The van der Waals surface area contributed by atoms with Crippen LogP contribution in [0.25, 0.3) is 6.08 Å². The molecule has 0 unspecified atom stereocenters. The predicted molar refractivity (Wildman–Crippen MR) is 123 cm³/mol. The summed E-state index contributed by atoms with van der Waals surface area (Å²) in [7, 11) is 0. The van der Waals surface area contributed by atoms with Crippen molar-refractivity contribution in [3.05, 3.63) is 101 Å². The van der Waals surface area contributed by atoms with Crippen LogP contribution < -0.4 is 15.5 Å². The topological polar surface area (TPSA) is 100 Å². The van der Waals surface area contributed by atoms with Crippen molar-refractivity contribution >= 4 is 24.1 Å². The number of rotatable bonds is 8. The number of phenolic OH excluding ortho intramolecular Hbond substituents is 1. The summed E-state index contributed by atoms with van der Waals surface area (Å²) in [6.45, 7) is 2.48. The van der Waals surface area contributed by atoms with Gasteiger partial charge in [0.2, 0.25) is 0 Å². The van der Waals surface area contributed by atoms with E-state index in [1.165, 1.54) is 18.4 Å². The molecule has 0 heterocycles. The molecule has 0 saturated carbocycles. The Labute approximate surface area is 186 Å². The Hall–Kier alpha value is -4.39. The first kappa shape index (κ1) is 22.3. The average molecular weight is 429 g/mol. The summed E-state index contributed by atoms with van der Waals surface area (Å²) >= 11 is 0. The lowest BCUT2D eigenvalue weighted by atomic mass is 10.1. The van der Waals surface area contributed by atoms with E-state index in [4.69, 9.17) is 4.74 Å². The predicted octanol–water partition coefficient (Wildman–Crippen LogP) is 3.71. The van der Waals surface area contributed by atoms with Crippen LogP contribution in [0.5, 0.6) is 11.5 Å². The zero-order chi connectivity index (χ0) is 22.8. The molecular formula is C25H23N3O4. The standard InChI is InChI=1S/C25H23N3O4/c1-2-32-21-14-12-18(13-15-21)17-26-28-25(31)22(16-20-10-6-7-11-23(20)29)27-24(30)19-8-4-3-5-9-19/h3-17,29H,2H2,1H3,(H,27,30)(H,28,31)/b22-16-,26-17-. The summed E-state index contributed by atoms with van der Waals surface area (Å²) in [5.74, 6) is -0.382. The molecule has 3 aromatic carbocycles. The van der Waals surface area contributed by atoms with Crippen molar-refractivity contribution < 1.29 is 19.4 Å². The molecule has 0 fully saturated rings. The number of hydrazone groups is 1. The van der Waals surface area contributed by atoms with Crippen LogP contribution in [0.4, 0.5) is 0 Å². The second kappa shape index (κ2) is 11.1.